The van der Waals surface area contributed by atoms with Crippen LogP contribution in [0, 0.1) is 11.7 Å². The van der Waals surface area contributed by atoms with Gasteiger partial charge < -0.3 is 15.5 Å². The number of ketones is 1. The summed E-state index contributed by atoms with van der Waals surface area (Å²) in [6.07, 6.45) is 2.29. The molecule has 2 rings (SSSR count). The Hall–Kier alpha value is -2.28. The third-order valence-electron chi connectivity index (χ3n) is 5.14. The molecule has 27 heavy (non-hydrogen) atoms. The zero-order chi connectivity index (χ0) is 20.1. The van der Waals surface area contributed by atoms with Crippen LogP contribution in [0.3, 0.4) is 0 Å². The first-order chi connectivity index (χ1) is 12.7. The molecule has 6 nitrogen and oxygen atoms in total. The Balaban J connectivity index is 1.99. The Morgan fingerprint density at radius 1 is 1.22 bits per heavy atom. The van der Waals surface area contributed by atoms with Gasteiger partial charge in [0.2, 0.25) is 11.8 Å². The zero-order valence-electron chi connectivity index (χ0n) is 16.3. The molecule has 0 aromatic heterocycles. The van der Waals surface area contributed by atoms with Crippen LogP contribution in [-0.2, 0) is 20.8 Å². The normalized spacial score (nSPS) is 16.9. The molecule has 0 spiro atoms. The van der Waals surface area contributed by atoms with E-state index in [4.69, 9.17) is 0 Å². The summed E-state index contributed by atoms with van der Waals surface area (Å²) in [6, 6.07) is 4.10. The van der Waals surface area contributed by atoms with Crippen molar-refractivity contribution in [2.45, 2.75) is 51.2 Å². The smallest absolute Gasteiger partial charge is 0.243 e. The second kappa shape index (κ2) is 9.08. The molecule has 0 unspecified atom stereocenters. The SMILES string of the molecule is CN[C@H](C(=O)N(C)[C@H](C)C(=O)N[C@H](Cc1ccc(F)cc1)C(C)=O)C1CC1. The van der Waals surface area contributed by atoms with Crippen molar-refractivity contribution >= 4 is 17.6 Å². The van der Waals surface area contributed by atoms with Gasteiger partial charge in [0, 0.05) is 7.05 Å². The maximum Gasteiger partial charge on any atom is 0.243 e. The number of Topliss-reactive ketones (excluding diaryl/α,β-unsaturated/α-hetero) is 1. The lowest BCUT2D eigenvalue weighted by atomic mass is 10.0. The van der Waals surface area contributed by atoms with Crippen molar-refractivity contribution in [3.05, 3.63) is 35.6 Å². The molecule has 1 fully saturated rings. The molecule has 1 aliphatic rings. The molecular weight excluding hydrogens is 349 g/mol. The maximum absolute atomic E-state index is 13.0. The number of nitrogens with zero attached hydrogens (tertiary/aromatic N) is 1. The zero-order valence-corrected chi connectivity index (χ0v) is 16.3. The predicted molar refractivity (Wildman–Crippen MR) is 101 cm³/mol. The van der Waals surface area contributed by atoms with Gasteiger partial charge in [-0.2, -0.15) is 0 Å². The average molecular weight is 377 g/mol. The van der Waals surface area contributed by atoms with Gasteiger partial charge in [0.15, 0.2) is 5.78 Å². The highest BCUT2D eigenvalue weighted by atomic mass is 19.1. The van der Waals surface area contributed by atoms with Gasteiger partial charge in [0.25, 0.3) is 0 Å². The molecule has 0 heterocycles. The molecule has 2 N–H and O–H groups in total. The van der Waals surface area contributed by atoms with E-state index in [9.17, 15) is 18.8 Å². The molecule has 3 atom stereocenters. The Labute approximate surface area is 159 Å². The third kappa shape index (κ3) is 5.60. The summed E-state index contributed by atoms with van der Waals surface area (Å²) < 4.78 is 13.0. The molecule has 0 bridgehead atoms. The highest BCUT2D eigenvalue weighted by molar-refractivity contribution is 5.93. The highest BCUT2D eigenvalue weighted by Crippen LogP contribution is 2.33. The van der Waals surface area contributed by atoms with Crippen molar-refractivity contribution in [3.8, 4) is 0 Å². The standard InChI is InChI=1S/C20H28FN3O3/c1-12(24(4)20(27)18(22-3)15-7-8-15)19(26)23-17(13(2)25)11-14-5-9-16(21)10-6-14/h5-6,9-10,12,15,17-18,22H,7-8,11H2,1-4H3,(H,23,26)/t12-,17-,18+/m1/s1. The van der Waals surface area contributed by atoms with Gasteiger partial charge in [-0.05, 0) is 63.8 Å². The summed E-state index contributed by atoms with van der Waals surface area (Å²) in [7, 11) is 3.34. The van der Waals surface area contributed by atoms with E-state index in [-0.39, 0.29) is 35.9 Å². The monoisotopic (exact) mass is 377 g/mol. The number of carbonyl (C=O) groups excluding carboxylic acids is 3. The minimum Gasteiger partial charge on any atom is -0.344 e. The molecule has 1 aliphatic carbocycles. The largest absolute Gasteiger partial charge is 0.344 e. The molecule has 0 aliphatic heterocycles. The summed E-state index contributed by atoms with van der Waals surface area (Å²) in [5.41, 5.74) is 0.748. The third-order valence-corrected chi connectivity index (χ3v) is 5.14. The number of carbonyl (C=O) groups is 3. The van der Waals surface area contributed by atoms with Crippen LogP contribution in [0.5, 0.6) is 0 Å². The second-order valence-corrected chi connectivity index (χ2v) is 7.23. The number of nitrogens with one attached hydrogen (secondary N) is 2. The maximum atomic E-state index is 13.0. The molecule has 1 aromatic carbocycles. The Morgan fingerprint density at radius 3 is 2.30 bits per heavy atom. The van der Waals surface area contributed by atoms with Gasteiger partial charge in [-0.25, -0.2) is 4.39 Å². The van der Waals surface area contributed by atoms with E-state index < -0.39 is 12.1 Å². The van der Waals surface area contributed by atoms with Crippen molar-refractivity contribution in [2.75, 3.05) is 14.1 Å². The number of hydrogen-bond acceptors (Lipinski definition) is 4. The highest BCUT2D eigenvalue weighted by Gasteiger charge is 2.38. The average Bonchev–Trinajstić information content (AvgIpc) is 3.47. The van der Waals surface area contributed by atoms with Crippen LogP contribution in [0.4, 0.5) is 4.39 Å². The predicted octanol–water partition coefficient (Wildman–Crippen LogP) is 1.29. The number of hydrogen-bond donors (Lipinski definition) is 2. The molecule has 1 aromatic rings. The van der Waals surface area contributed by atoms with Crippen LogP contribution in [-0.4, -0.2) is 54.7 Å². The van der Waals surface area contributed by atoms with E-state index in [1.165, 1.54) is 24.0 Å². The number of rotatable bonds is 9. The number of amides is 2. The van der Waals surface area contributed by atoms with Crippen LogP contribution in [0.1, 0.15) is 32.3 Å². The fraction of sp³-hybridized carbons (Fsp3) is 0.550. The van der Waals surface area contributed by atoms with Crippen LogP contribution in [0.2, 0.25) is 0 Å². The lowest BCUT2D eigenvalue weighted by Gasteiger charge is -2.29. The van der Waals surface area contributed by atoms with E-state index in [2.05, 4.69) is 10.6 Å². The van der Waals surface area contributed by atoms with Gasteiger partial charge >= 0.3 is 0 Å². The Bertz CT molecular complexity index is 688. The van der Waals surface area contributed by atoms with Gasteiger partial charge in [0.05, 0.1) is 12.1 Å². The molecule has 0 radical (unpaired) electrons. The second-order valence-electron chi connectivity index (χ2n) is 7.23. The molecular formula is C20H28FN3O3. The van der Waals surface area contributed by atoms with Crippen molar-refractivity contribution in [3.63, 3.8) is 0 Å². The van der Waals surface area contributed by atoms with Crippen LogP contribution >= 0.6 is 0 Å². The summed E-state index contributed by atoms with van der Waals surface area (Å²) in [4.78, 5) is 38.6. The number of halogens is 1. The summed E-state index contributed by atoms with van der Waals surface area (Å²) in [5.74, 6) is -0.742. The molecule has 0 saturated heterocycles. The first kappa shape index (κ1) is 21.0. The van der Waals surface area contributed by atoms with Crippen molar-refractivity contribution in [1.82, 2.24) is 15.5 Å². The van der Waals surface area contributed by atoms with Gasteiger partial charge in [-0.15, -0.1) is 0 Å². The van der Waals surface area contributed by atoms with Gasteiger partial charge in [-0.1, -0.05) is 12.1 Å². The van der Waals surface area contributed by atoms with E-state index >= 15 is 0 Å². The summed E-state index contributed by atoms with van der Waals surface area (Å²) in [6.45, 7) is 3.04. The van der Waals surface area contributed by atoms with Gasteiger partial charge in [-0.3, -0.25) is 14.4 Å². The van der Waals surface area contributed by atoms with Crippen LogP contribution in [0.15, 0.2) is 24.3 Å². The van der Waals surface area contributed by atoms with Crippen molar-refractivity contribution in [1.29, 1.82) is 0 Å². The Kier molecular flexibility index (Phi) is 7.07. The van der Waals surface area contributed by atoms with Crippen LogP contribution < -0.4 is 10.6 Å². The van der Waals surface area contributed by atoms with E-state index in [0.717, 1.165) is 18.4 Å². The molecule has 7 heteroatoms. The van der Waals surface area contributed by atoms with Crippen LogP contribution in [0.25, 0.3) is 0 Å². The summed E-state index contributed by atoms with van der Waals surface area (Å²) in [5, 5.41) is 5.75. The molecule has 1 saturated carbocycles. The fourth-order valence-electron chi connectivity index (χ4n) is 3.02. The lowest BCUT2D eigenvalue weighted by molar-refractivity contribution is -0.140. The fourth-order valence-corrected chi connectivity index (χ4v) is 3.02. The molecule has 2 amide bonds. The van der Waals surface area contributed by atoms with Crippen molar-refractivity contribution in [2.24, 2.45) is 5.92 Å². The minimum absolute atomic E-state index is 0.124. The van der Waals surface area contributed by atoms with E-state index in [1.54, 1.807) is 33.2 Å². The first-order valence-electron chi connectivity index (χ1n) is 9.23. The minimum atomic E-state index is -0.725. The van der Waals surface area contributed by atoms with E-state index in [0.29, 0.717) is 5.92 Å². The Morgan fingerprint density at radius 2 is 1.81 bits per heavy atom. The lowest BCUT2D eigenvalue weighted by Crippen LogP contribution is -2.54. The van der Waals surface area contributed by atoms with Gasteiger partial charge in [0.1, 0.15) is 11.9 Å². The summed E-state index contributed by atoms with van der Waals surface area (Å²) >= 11 is 0. The van der Waals surface area contributed by atoms with Crippen molar-refractivity contribution < 1.29 is 18.8 Å². The van der Waals surface area contributed by atoms with E-state index in [1.807, 2.05) is 0 Å². The number of benzene rings is 1. The topological polar surface area (TPSA) is 78.5 Å². The number of likely N-dealkylation sites (N-methyl/N-ethyl adjacent to an activating group) is 2. The quantitative estimate of drug-likeness (QED) is 0.680. The first-order valence-corrected chi connectivity index (χ1v) is 9.23. The molecule has 148 valence electrons.